The summed E-state index contributed by atoms with van der Waals surface area (Å²) in [5.41, 5.74) is 4.25. The van der Waals surface area contributed by atoms with E-state index in [0.29, 0.717) is 10.9 Å². The molecule has 4 N–H and O–H groups in total. The van der Waals surface area contributed by atoms with Gasteiger partial charge in [0.2, 0.25) is 5.91 Å². The molecule has 2 fully saturated rings. The molecule has 2 aromatic rings. The van der Waals surface area contributed by atoms with E-state index in [1.54, 1.807) is 17.3 Å². The number of nitrogens with zero attached hydrogens (tertiary/aromatic N) is 5. The number of thiazole rings is 1. The normalized spacial score (nSPS) is 26.1. The third kappa shape index (κ3) is 4.77. The van der Waals surface area contributed by atoms with E-state index in [-0.39, 0.29) is 39.8 Å². The van der Waals surface area contributed by atoms with Gasteiger partial charge in [0.25, 0.3) is 5.91 Å². The van der Waals surface area contributed by atoms with Crippen molar-refractivity contribution < 1.29 is 14.4 Å². The average Bonchev–Trinajstić information content (AvgIpc) is 3.24. The average molecular weight is 541 g/mol. The first kappa shape index (κ1) is 25.1. The van der Waals surface area contributed by atoms with E-state index in [4.69, 9.17) is 10.6 Å². The van der Waals surface area contributed by atoms with Crippen LogP contribution in [-0.2, 0) is 21.5 Å². The van der Waals surface area contributed by atoms with Crippen LogP contribution in [0.25, 0.3) is 0 Å². The summed E-state index contributed by atoms with van der Waals surface area (Å²) in [6.07, 6.45) is 0. The molecular formula is C19H24N8O5S3. The third-order valence-electron chi connectivity index (χ3n) is 5.79. The summed E-state index contributed by atoms with van der Waals surface area (Å²) in [5.74, 6) is 4.89. The summed E-state index contributed by atoms with van der Waals surface area (Å²) in [7, 11) is 2.47. The number of β-lactam (4-membered cyclic amide) rings is 1. The molecule has 0 bridgehead atoms. The molecule has 2 saturated heterocycles. The number of hydrogen-bond donors (Lipinski definition) is 3. The SMILES string of the molecule is C=S1C[C@H](CSc2nc(=O)c(=O)[nH]n2C)[C@H](C)N2C(=O)C(NC(=O)/C(=N/OC)c3csc(N)n3)C21. The molecule has 0 aromatic carbocycles. The van der Waals surface area contributed by atoms with Crippen molar-refractivity contribution in [3.8, 4) is 0 Å². The monoisotopic (exact) mass is 540 g/mol. The van der Waals surface area contributed by atoms with Crippen LogP contribution in [0.2, 0.25) is 0 Å². The Balaban J connectivity index is 1.44. The Morgan fingerprint density at radius 2 is 2.20 bits per heavy atom. The second-order valence-electron chi connectivity index (χ2n) is 8.00. The van der Waals surface area contributed by atoms with Crippen molar-refractivity contribution >= 4 is 62.1 Å². The Morgan fingerprint density at radius 3 is 2.86 bits per heavy atom. The standard InChI is InChI=1S/C19H24N8O5S3/c1-8-9(5-34-19-23-14(29)15(30)24-26(19)2)7-35(4)17-12(16(31)27(8)17)22-13(28)11(25-32-3)10-6-33-18(20)21-10/h6,8-9,12,17H,4-5,7H2,1-3H3,(H2,20,21)(H,22,28)(H,24,30)/b25-11+/t8-,9-,12?,17?,35?/m0/s1. The maximum Gasteiger partial charge on any atom is 0.339 e. The predicted octanol–water partition coefficient (Wildman–Crippen LogP) is -0.978. The van der Waals surface area contributed by atoms with Crippen LogP contribution in [0.15, 0.2) is 25.3 Å². The summed E-state index contributed by atoms with van der Waals surface area (Å²) >= 11 is 2.50. The van der Waals surface area contributed by atoms with Gasteiger partial charge in [-0.1, -0.05) is 22.8 Å². The van der Waals surface area contributed by atoms with E-state index in [9.17, 15) is 19.2 Å². The van der Waals surface area contributed by atoms with Crippen LogP contribution < -0.4 is 22.2 Å². The molecule has 188 valence electrons. The maximum atomic E-state index is 13.0. The molecule has 13 nitrogen and oxygen atoms in total. The molecule has 0 radical (unpaired) electrons. The summed E-state index contributed by atoms with van der Waals surface area (Å²) in [4.78, 5) is 63.4. The summed E-state index contributed by atoms with van der Waals surface area (Å²) in [5, 5.41) is 11.0. The lowest BCUT2D eigenvalue weighted by Gasteiger charge is -2.56. The number of amides is 2. The molecule has 2 aliphatic rings. The Labute approximate surface area is 210 Å². The van der Waals surface area contributed by atoms with Crippen LogP contribution in [0, 0.1) is 5.92 Å². The van der Waals surface area contributed by atoms with Gasteiger partial charge in [0.15, 0.2) is 16.0 Å². The number of aromatic nitrogens is 4. The van der Waals surface area contributed by atoms with Gasteiger partial charge in [0.1, 0.15) is 24.2 Å². The van der Waals surface area contributed by atoms with E-state index >= 15 is 0 Å². The van der Waals surface area contributed by atoms with Gasteiger partial charge in [0, 0.05) is 24.2 Å². The number of fused-ring (bicyclic) bond motifs is 1. The zero-order chi connectivity index (χ0) is 25.4. The van der Waals surface area contributed by atoms with E-state index in [0.717, 1.165) is 17.1 Å². The number of H-pyrrole nitrogens is 1. The van der Waals surface area contributed by atoms with Crippen LogP contribution in [0.3, 0.4) is 0 Å². The smallest absolute Gasteiger partial charge is 0.339 e. The molecule has 2 amide bonds. The topological polar surface area (TPSA) is 178 Å². The number of aryl methyl sites for hydroxylation is 1. The van der Waals surface area contributed by atoms with Crippen molar-refractivity contribution in [2.75, 3.05) is 24.3 Å². The van der Waals surface area contributed by atoms with Crippen LogP contribution in [-0.4, -0.2) is 84.1 Å². The predicted molar refractivity (Wildman–Crippen MR) is 136 cm³/mol. The molecule has 16 heteroatoms. The van der Waals surface area contributed by atoms with E-state index in [2.05, 4.69) is 31.4 Å². The molecule has 0 aliphatic carbocycles. The molecule has 2 aromatic heterocycles. The van der Waals surface area contributed by atoms with Gasteiger partial charge in [-0.2, -0.15) is 15.5 Å². The summed E-state index contributed by atoms with van der Waals surface area (Å²) in [6, 6.07) is -0.831. The highest BCUT2D eigenvalue weighted by Crippen LogP contribution is 2.44. The molecular weight excluding hydrogens is 516 g/mol. The van der Waals surface area contributed by atoms with Crippen LogP contribution in [0.5, 0.6) is 0 Å². The van der Waals surface area contributed by atoms with Crippen molar-refractivity contribution in [3.63, 3.8) is 0 Å². The molecule has 4 heterocycles. The molecule has 5 atom stereocenters. The fourth-order valence-electron chi connectivity index (χ4n) is 4.01. The Hall–Kier alpha value is -2.98. The lowest BCUT2D eigenvalue weighted by molar-refractivity contribution is -0.152. The number of nitrogens with two attached hydrogens (primary N) is 1. The number of carbonyl (C=O) groups is 2. The molecule has 0 saturated carbocycles. The molecule has 4 rings (SSSR count). The number of aromatic amines is 1. The van der Waals surface area contributed by atoms with Crippen molar-refractivity contribution in [3.05, 3.63) is 31.8 Å². The lowest BCUT2D eigenvalue weighted by atomic mass is 9.96. The largest absolute Gasteiger partial charge is 0.398 e. The van der Waals surface area contributed by atoms with E-state index < -0.39 is 33.6 Å². The first-order chi connectivity index (χ1) is 16.6. The Bertz CT molecular complexity index is 1330. The molecule has 0 spiro atoms. The number of hydrogen-bond acceptors (Lipinski definition) is 11. The summed E-state index contributed by atoms with van der Waals surface area (Å²) in [6.45, 7) is 1.96. The van der Waals surface area contributed by atoms with Crippen molar-refractivity contribution in [2.45, 2.75) is 29.5 Å². The second kappa shape index (κ2) is 9.94. The van der Waals surface area contributed by atoms with E-state index in [1.807, 2.05) is 6.92 Å². The fourth-order valence-corrected chi connectivity index (χ4v) is 8.18. The number of nitrogens with one attached hydrogen (secondary N) is 2. The maximum absolute atomic E-state index is 13.0. The fraction of sp³-hybridized carbons (Fsp3) is 0.474. The zero-order valence-electron chi connectivity index (χ0n) is 19.1. The lowest BCUT2D eigenvalue weighted by Crippen LogP contribution is -2.75. The highest BCUT2D eigenvalue weighted by Gasteiger charge is 2.55. The number of oxime groups is 1. The molecule has 3 unspecified atom stereocenters. The van der Waals surface area contributed by atoms with E-state index in [1.165, 1.54) is 23.6 Å². The van der Waals surface area contributed by atoms with Crippen molar-refractivity contribution in [1.29, 1.82) is 0 Å². The third-order valence-corrected chi connectivity index (χ3v) is 9.72. The number of nitrogen functional groups attached to an aromatic ring is 1. The van der Waals surface area contributed by atoms with Gasteiger partial charge >= 0.3 is 11.1 Å². The van der Waals surface area contributed by atoms with Gasteiger partial charge in [-0.3, -0.25) is 29.0 Å². The van der Waals surface area contributed by atoms with Crippen molar-refractivity contribution in [2.24, 2.45) is 18.1 Å². The molecule has 2 aliphatic heterocycles. The zero-order valence-corrected chi connectivity index (χ0v) is 21.5. The molecule has 35 heavy (non-hydrogen) atoms. The highest BCUT2D eigenvalue weighted by molar-refractivity contribution is 8.14. The first-order valence-corrected chi connectivity index (χ1v) is 13.9. The second-order valence-corrected chi connectivity index (χ2v) is 11.8. The first-order valence-electron chi connectivity index (χ1n) is 10.4. The minimum Gasteiger partial charge on any atom is -0.398 e. The minimum absolute atomic E-state index is 0.0622. The number of carbonyl (C=O) groups excluding carboxylic acids is 2. The Morgan fingerprint density at radius 1 is 1.46 bits per heavy atom. The van der Waals surface area contributed by atoms with Crippen molar-refractivity contribution in [1.82, 2.24) is 30.0 Å². The summed E-state index contributed by atoms with van der Waals surface area (Å²) < 4.78 is 1.41. The van der Waals surface area contributed by atoms with Gasteiger partial charge in [-0.05, 0) is 18.6 Å². The van der Waals surface area contributed by atoms with Gasteiger partial charge in [-0.25, -0.2) is 4.98 Å². The Kier molecular flexibility index (Phi) is 7.14. The number of thioether (sulfide) groups is 1. The number of anilines is 1. The van der Waals surface area contributed by atoms with Crippen LogP contribution in [0.4, 0.5) is 5.13 Å². The highest BCUT2D eigenvalue weighted by atomic mass is 32.2. The van der Waals surface area contributed by atoms with Gasteiger partial charge in [0.05, 0.1) is 0 Å². The van der Waals surface area contributed by atoms with Gasteiger partial charge < -0.3 is 20.8 Å². The quantitative estimate of drug-likeness (QED) is 0.0994. The van der Waals surface area contributed by atoms with Crippen LogP contribution in [0.1, 0.15) is 12.6 Å². The van der Waals surface area contributed by atoms with Gasteiger partial charge in [-0.15, -0.1) is 11.3 Å². The minimum atomic E-state index is -0.840. The number of rotatable bonds is 7. The van der Waals surface area contributed by atoms with Crippen LogP contribution >= 0.6 is 33.6 Å².